The van der Waals surface area contributed by atoms with Gasteiger partial charge < -0.3 is 12.9 Å². The number of aliphatic hydroxyl groups is 1. The predicted molar refractivity (Wildman–Crippen MR) is 87.4 cm³/mol. The standard InChI is InChI=1S/C17H17IO4/c18-22-12-4-3-9-8-10-2-1-6-16-13(9)14(12)21-15(16)11(19)5-7-17(10,16)20/h3-4,10,15,20H,1-2,5-8H2/t10-,15+,16+,17?/m1/s1. The molecule has 2 saturated carbocycles. The topological polar surface area (TPSA) is 55.8 Å². The predicted octanol–water partition coefficient (Wildman–Crippen LogP) is 2.86. The number of Topliss-reactive ketones (excluding diaryl/α,β-unsaturated/α-hetero) is 1. The Bertz CT molecular complexity index is 702. The lowest BCUT2D eigenvalue weighted by Crippen LogP contribution is -2.69. The third-order valence-electron chi connectivity index (χ3n) is 6.50. The fourth-order valence-corrected chi connectivity index (χ4v) is 6.03. The van der Waals surface area contributed by atoms with Gasteiger partial charge in [0, 0.05) is 12.0 Å². The van der Waals surface area contributed by atoms with Gasteiger partial charge in [0.1, 0.15) is 0 Å². The van der Waals surface area contributed by atoms with E-state index >= 15 is 0 Å². The van der Waals surface area contributed by atoms with Gasteiger partial charge in [-0.3, -0.25) is 4.79 Å². The molecule has 4 atom stereocenters. The van der Waals surface area contributed by atoms with Crippen LogP contribution in [0.5, 0.6) is 11.5 Å². The highest BCUT2D eigenvalue weighted by Gasteiger charge is 2.71. The highest BCUT2D eigenvalue weighted by molar-refractivity contribution is 14.1. The summed E-state index contributed by atoms with van der Waals surface area (Å²) in [4.78, 5) is 12.6. The molecule has 1 aliphatic heterocycles. The Kier molecular flexibility index (Phi) is 2.58. The van der Waals surface area contributed by atoms with Crippen LogP contribution >= 0.6 is 23.0 Å². The van der Waals surface area contributed by atoms with Crippen molar-refractivity contribution in [2.24, 2.45) is 5.92 Å². The second-order valence-corrected chi connectivity index (χ2v) is 7.60. The van der Waals surface area contributed by atoms with Crippen LogP contribution in [0.4, 0.5) is 0 Å². The normalized spacial score (nSPS) is 40.9. The number of benzene rings is 1. The van der Waals surface area contributed by atoms with Gasteiger partial charge in [0.15, 0.2) is 46.4 Å². The summed E-state index contributed by atoms with van der Waals surface area (Å²) in [7, 11) is 0. The van der Waals surface area contributed by atoms with Crippen LogP contribution in [0, 0.1) is 5.92 Å². The van der Waals surface area contributed by atoms with Crippen molar-refractivity contribution in [1.82, 2.24) is 0 Å². The van der Waals surface area contributed by atoms with E-state index in [2.05, 4.69) is 6.07 Å². The minimum absolute atomic E-state index is 0.133. The van der Waals surface area contributed by atoms with Crippen LogP contribution in [0.3, 0.4) is 0 Å². The second kappa shape index (κ2) is 4.17. The number of rotatable bonds is 1. The average molecular weight is 412 g/mol. The quantitative estimate of drug-likeness (QED) is 0.721. The summed E-state index contributed by atoms with van der Waals surface area (Å²) < 4.78 is 11.6. The van der Waals surface area contributed by atoms with E-state index in [1.165, 1.54) is 5.56 Å². The molecule has 5 rings (SSSR count). The zero-order valence-corrected chi connectivity index (χ0v) is 14.3. The highest BCUT2D eigenvalue weighted by atomic mass is 127. The fourth-order valence-electron chi connectivity index (χ4n) is 5.69. The summed E-state index contributed by atoms with van der Waals surface area (Å²) in [5.74, 6) is 1.74. The number of ketones is 1. The number of ether oxygens (including phenoxy) is 1. The molecule has 22 heavy (non-hydrogen) atoms. The van der Waals surface area contributed by atoms with E-state index in [-0.39, 0.29) is 11.7 Å². The van der Waals surface area contributed by atoms with Crippen molar-refractivity contribution in [3.8, 4) is 11.5 Å². The molecule has 2 bridgehead atoms. The van der Waals surface area contributed by atoms with Crippen molar-refractivity contribution < 1.29 is 17.7 Å². The van der Waals surface area contributed by atoms with E-state index < -0.39 is 17.1 Å². The van der Waals surface area contributed by atoms with Crippen LogP contribution in [0.15, 0.2) is 12.1 Å². The van der Waals surface area contributed by atoms with Gasteiger partial charge in [-0.2, -0.15) is 0 Å². The molecule has 116 valence electrons. The van der Waals surface area contributed by atoms with Crippen LogP contribution in [-0.4, -0.2) is 22.6 Å². The van der Waals surface area contributed by atoms with Gasteiger partial charge in [0.05, 0.1) is 11.0 Å². The van der Waals surface area contributed by atoms with E-state index in [1.807, 2.05) is 29.1 Å². The third kappa shape index (κ3) is 1.29. The van der Waals surface area contributed by atoms with Gasteiger partial charge in [-0.15, -0.1) is 0 Å². The maximum atomic E-state index is 12.6. The van der Waals surface area contributed by atoms with Gasteiger partial charge >= 0.3 is 0 Å². The van der Waals surface area contributed by atoms with Gasteiger partial charge in [-0.05, 0) is 43.2 Å². The molecule has 0 radical (unpaired) electrons. The van der Waals surface area contributed by atoms with Gasteiger partial charge in [-0.1, -0.05) is 12.5 Å². The molecule has 3 aliphatic carbocycles. The maximum Gasteiger partial charge on any atom is 0.192 e. The first kappa shape index (κ1) is 13.6. The lowest BCUT2D eigenvalue weighted by Gasteiger charge is -2.59. The maximum absolute atomic E-state index is 12.6. The van der Waals surface area contributed by atoms with Crippen molar-refractivity contribution in [3.63, 3.8) is 0 Å². The number of carbonyl (C=O) groups is 1. The minimum Gasteiger partial charge on any atom is -0.477 e. The molecule has 1 unspecified atom stereocenters. The number of hydrogen-bond acceptors (Lipinski definition) is 4. The first-order valence-corrected chi connectivity index (χ1v) is 8.86. The van der Waals surface area contributed by atoms with E-state index in [4.69, 9.17) is 7.80 Å². The molecule has 4 nitrogen and oxygen atoms in total. The van der Waals surface area contributed by atoms with Crippen LogP contribution in [0.1, 0.15) is 43.2 Å². The SMILES string of the molecule is O=C1CCC2(O)[C@@H]3CCC[C@@]24c2c(ccc(OI)c2O[C@@H]14)C3. The Morgan fingerprint density at radius 3 is 3.05 bits per heavy atom. The van der Waals surface area contributed by atoms with Gasteiger partial charge in [0.25, 0.3) is 0 Å². The molecule has 0 aromatic heterocycles. The third-order valence-corrected chi connectivity index (χ3v) is 6.98. The van der Waals surface area contributed by atoms with E-state index in [0.717, 1.165) is 31.2 Å². The minimum atomic E-state index is -0.800. The fraction of sp³-hybridized carbons (Fsp3) is 0.588. The molecule has 0 amide bonds. The van der Waals surface area contributed by atoms with Gasteiger partial charge in [-0.25, -0.2) is 0 Å². The van der Waals surface area contributed by atoms with E-state index in [0.29, 0.717) is 24.3 Å². The highest BCUT2D eigenvalue weighted by Crippen LogP contribution is 2.66. The van der Waals surface area contributed by atoms with Crippen molar-refractivity contribution >= 4 is 28.8 Å². The summed E-state index contributed by atoms with van der Waals surface area (Å²) >= 11 is 1.85. The first-order chi connectivity index (χ1) is 10.6. The Morgan fingerprint density at radius 2 is 2.23 bits per heavy atom. The van der Waals surface area contributed by atoms with Gasteiger partial charge in [0.2, 0.25) is 0 Å². The Hall–Kier alpha value is -0.820. The summed E-state index contributed by atoms with van der Waals surface area (Å²) in [5, 5.41) is 11.6. The summed E-state index contributed by atoms with van der Waals surface area (Å²) in [6.07, 6.45) is 4.27. The van der Waals surface area contributed by atoms with E-state index in [1.54, 1.807) is 0 Å². The van der Waals surface area contributed by atoms with Crippen LogP contribution in [0.2, 0.25) is 0 Å². The lowest BCUT2D eigenvalue weighted by molar-refractivity contribution is -0.177. The molecule has 1 aromatic carbocycles. The Morgan fingerprint density at radius 1 is 1.36 bits per heavy atom. The van der Waals surface area contributed by atoms with Crippen LogP contribution in [0.25, 0.3) is 0 Å². The molecule has 0 saturated heterocycles. The first-order valence-electron chi connectivity index (χ1n) is 7.98. The van der Waals surface area contributed by atoms with Crippen LogP contribution < -0.4 is 7.80 Å². The molecule has 2 fully saturated rings. The molecule has 1 aromatic rings. The summed E-state index contributed by atoms with van der Waals surface area (Å²) in [5.41, 5.74) is 0.961. The number of carbonyl (C=O) groups excluding carboxylic acids is 1. The van der Waals surface area contributed by atoms with E-state index in [9.17, 15) is 9.90 Å². The monoisotopic (exact) mass is 412 g/mol. The zero-order valence-electron chi connectivity index (χ0n) is 12.1. The molecule has 4 aliphatic rings. The average Bonchev–Trinajstić information content (AvgIpc) is 2.85. The van der Waals surface area contributed by atoms with Crippen LogP contribution in [-0.2, 0) is 16.6 Å². The van der Waals surface area contributed by atoms with Crippen molar-refractivity contribution in [2.45, 2.75) is 55.6 Å². The number of halogens is 1. The zero-order chi connectivity index (χ0) is 15.1. The second-order valence-electron chi connectivity index (χ2n) is 7.16. The summed E-state index contributed by atoms with van der Waals surface area (Å²) in [6, 6.07) is 4.02. The molecular formula is C17H17IO4. The van der Waals surface area contributed by atoms with Crippen molar-refractivity contribution in [1.29, 1.82) is 0 Å². The smallest absolute Gasteiger partial charge is 0.192 e. The molecule has 1 heterocycles. The lowest BCUT2D eigenvalue weighted by atomic mass is 9.46. The molecular weight excluding hydrogens is 395 g/mol. The molecule has 1 spiro atoms. The Balaban J connectivity index is 1.87. The van der Waals surface area contributed by atoms with Crippen molar-refractivity contribution in [2.75, 3.05) is 0 Å². The number of hydrogen-bond donors (Lipinski definition) is 1. The summed E-state index contributed by atoms with van der Waals surface area (Å²) in [6.45, 7) is 0. The molecule has 5 heteroatoms. The Labute approximate surface area is 142 Å². The largest absolute Gasteiger partial charge is 0.477 e. The van der Waals surface area contributed by atoms with Crippen molar-refractivity contribution in [3.05, 3.63) is 23.3 Å². The molecule has 1 N–H and O–H groups in total.